The highest BCUT2D eigenvalue weighted by atomic mass is 16.1. The van der Waals surface area contributed by atoms with Crippen LogP contribution in [-0.4, -0.2) is 5.78 Å². The first-order chi connectivity index (χ1) is 27.6. The third-order valence-corrected chi connectivity index (χ3v) is 10.4. The quantitative estimate of drug-likeness (QED) is 0.136. The molecule has 0 bridgehead atoms. The summed E-state index contributed by atoms with van der Waals surface area (Å²) < 4.78 is 0. The maximum absolute atomic E-state index is 14.8. The molecule has 9 aromatic rings. The molecule has 0 aliphatic heterocycles. The summed E-state index contributed by atoms with van der Waals surface area (Å²) in [6.07, 6.45) is 0. The number of hydrogen-bond acceptors (Lipinski definition) is 1. The first-order valence-electron chi connectivity index (χ1n) is 19.0. The first kappa shape index (κ1) is 34.4. The van der Waals surface area contributed by atoms with Crippen molar-refractivity contribution in [3.8, 4) is 77.9 Å². The second-order valence-electron chi connectivity index (χ2n) is 14.1. The highest BCUT2D eigenvalue weighted by Crippen LogP contribution is 2.38. The predicted octanol–water partition coefficient (Wildman–Crippen LogP) is 14.6. The van der Waals surface area contributed by atoms with E-state index in [-0.39, 0.29) is 5.78 Å². The molecule has 0 N–H and O–H groups in total. The van der Waals surface area contributed by atoms with Crippen molar-refractivity contribution in [2.24, 2.45) is 0 Å². The van der Waals surface area contributed by atoms with Crippen molar-refractivity contribution in [1.29, 1.82) is 0 Å². The van der Waals surface area contributed by atoms with Crippen LogP contribution in [-0.2, 0) is 0 Å². The lowest BCUT2D eigenvalue weighted by Gasteiger charge is -2.16. The van der Waals surface area contributed by atoms with Crippen LogP contribution in [0.25, 0.3) is 77.9 Å². The summed E-state index contributed by atoms with van der Waals surface area (Å²) in [7, 11) is 0. The van der Waals surface area contributed by atoms with Gasteiger partial charge in [-0.25, -0.2) is 0 Å². The average molecular weight is 715 g/mol. The second-order valence-corrected chi connectivity index (χ2v) is 14.1. The van der Waals surface area contributed by atoms with E-state index in [1.807, 2.05) is 60.7 Å². The second kappa shape index (κ2) is 15.6. The van der Waals surface area contributed by atoms with E-state index < -0.39 is 0 Å². The molecule has 1 nitrogen and oxygen atoms in total. The number of hydrogen-bond donors (Lipinski definition) is 0. The highest BCUT2D eigenvalue weighted by molar-refractivity contribution is 6.11. The molecule has 0 unspecified atom stereocenters. The van der Waals surface area contributed by atoms with Gasteiger partial charge in [-0.3, -0.25) is 4.79 Å². The van der Waals surface area contributed by atoms with Gasteiger partial charge in [0.05, 0.1) is 0 Å². The molecule has 0 aromatic heterocycles. The van der Waals surface area contributed by atoms with Crippen molar-refractivity contribution in [3.63, 3.8) is 0 Å². The standard InChI is InChI=1S/C55H38O/c56-55(45-28-16-27-44(29-45)39-17-6-1-7-18-39)54-37-52(50-32-46(40-19-8-2-9-20-40)30-47(33-50)41-21-10-3-11-22-41)36-53(38-54)51-34-48(42-23-12-4-13-24-42)31-49(35-51)43-25-14-5-15-26-43/h1-38H. The van der Waals surface area contributed by atoms with Crippen molar-refractivity contribution in [3.05, 3.63) is 242 Å². The summed E-state index contributed by atoms with van der Waals surface area (Å²) in [5.41, 5.74) is 16.5. The van der Waals surface area contributed by atoms with Crippen LogP contribution in [0.2, 0.25) is 0 Å². The van der Waals surface area contributed by atoms with Crippen LogP contribution in [0.1, 0.15) is 15.9 Å². The van der Waals surface area contributed by atoms with Crippen LogP contribution in [0.3, 0.4) is 0 Å². The summed E-state index contributed by atoms with van der Waals surface area (Å²) >= 11 is 0. The maximum Gasteiger partial charge on any atom is 0.193 e. The zero-order valence-electron chi connectivity index (χ0n) is 30.8. The lowest BCUT2D eigenvalue weighted by molar-refractivity contribution is 0.103. The topological polar surface area (TPSA) is 17.1 Å². The van der Waals surface area contributed by atoms with E-state index in [9.17, 15) is 4.79 Å². The Morgan fingerprint density at radius 3 is 0.750 bits per heavy atom. The van der Waals surface area contributed by atoms with E-state index in [1.54, 1.807) is 0 Å². The molecule has 0 atom stereocenters. The number of carbonyl (C=O) groups excluding carboxylic acids is 1. The van der Waals surface area contributed by atoms with Crippen LogP contribution in [0, 0.1) is 0 Å². The Hall–Kier alpha value is -7.35. The lowest BCUT2D eigenvalue weighted by atomic mass is 9.88. The Kier molecular flexibility index (Phi) is 9.56. The maximum atomic E-state index is 14.8. The van der Waals surface area contributed by atoms with E-state index >= 15 is 0 Å². The summed E-state index contributed by atoms with van der Waals surface area (Å²) in [5, 5.41) is 0. The lowest BCUT2D eigenvalue weighted by Crippen LogP contribution is -2.03. The van der Waals surface area contributed by atoms with Crippen molar-refractivity contribution in [1.82, 2.24) is 0 Å². The number of ketones is 1. The largest absolute Gasteiger partial charge is 0.289 e. The van der Waals surface area contributed by atoms with Gasteiger partial charge in [0.1, 0.15) is 0 Å². The van der Waals surface area contributed by atoms with Gasteiger partial charge >= 0.3 is 0 Å². The van der Waals surface area contributed by atoms with E-state index in [4.69, 9.17) is 0 Å². The molecule has 0 heterocycles. The van der Waals surface area contributed by atoms with Crippen LogP contribution >= 0.6 is 0 Å². The third-order valence-electron chi connectivity index (χ3n) is 10.4. The molecule has 9 rings (SSSR count). The van der Waals surface area contributed by atoms with Gasteiger partial charge in [-0.2, -0.15) is 0 Å². The van der Waals surface area contributed by atoms with Crippen LogP contribution in [0.5, 0.6) is 0 Å². The Bertz CT molecular complexity index is 2510. The Morgan fingerprint density at radius 2 is 0.429 bits per heavy atom. The van der Waals surface area contributed by atoms with Crippen LogP contribution < -0.4 is 0 Å². The van der Waals surface area contributed by atoms with Crippen LogP contribution in [0.4, 0.5) is 0 Å². The zero-order chi connectivity index (χ0) is 37.7. The minimum Gasteiger partial charge on any atom is -0.289 e. The van der Waals surface area contributed by atoms with E-state index in [2.05, 4.69) is 170 Å². The monoisotopic (exact) mass is 714 g/mol. The summed E-state index contributed by atoms with van der Waals surface area (Å²) in [5.74, 6) is -0.0177. The summed E-state index contributed by atoms with van der Waals surface area (Å²) in [6.45, 7) is 0. The number of rotatable bonds is 9. The molecule has 264 valence electrons. The molecule has 0 spiro atoms. The minimum atomic E-state index is -0.0177. The molecule has 0 amide bonds. The zero-order valence-corrected chi connectivity index (χ0v) is 30.8. The minimum absolute atomic E-state index is 0.0177. The molecule has 0 saturated heterocycles. The van der Waals surface area contributed by atoms with Gasteiger partial charge in [0.2, 0.25) is 0 Å². The average Bonchev–Trinajstić information content (AvgIpc) is 3.30. The molecule has 0 saturated carbocycles. The molecule has 0 aliphatic carbocycles. The Morgan fingerprint density at radius 1 is 0.196 bits per heavy atom. The molecule has 0 radical (unpaired) electrons. The molecule has 9 aromatic carbocycles. The molecular weight excluding hydrogens is 677 g/mol. The van der Waals surface area contributed by atoms with Crippen LogP contribution in [0.15, 0.2) is 231 Å². The molecule has 0 aliphatic rings. The van der Waals surface area contributed by atoms with Crippen molar-refractivity contribution < 1.29 is 4.79 Å². The fraction of sp³-hybridized carbons (Fsp3) is 0. The summed E-state index contributed by atoms with van der Waals surface area (Å²) in [6, 6.07) is 80.1. The fourth-order valence-corrected chi connectivity index (χ4v) is 7.51. The van der Waals surface area contributed by atoms with Crippen molar-refractivity contribution in [2.75, 3.05) is 0 Å². The van der Waals surface area contributed by atoms with Crippen molar-refractivity contribution >= 4 is 5.78 Å². The van der Waals surface area contributed by atoms with Gasteiger partial charge in [-0.05, 0) is 139 Å². The van der Waals surface area contributed by atoms with Gasteiger partial charge in [-0.15, -0.1) is 0 Å². The van der Waals surface area contributed by atoms with Gasteiger partial charge in [-0.1, -0.05) is 170 Å². The third kappa shape index (κ3) is 7.40. The number of benzene rings is 9. The van der Waals surface area contributed by atoms with Gasteiger partial charge in [0.15, 0.2) is 5.78 Å². The van der Waals surface area contributed by atoms with Gasteiger partial charge in [0, 0.05) is 11.1 Å². The Labute approximate surface area is 328 Å². The fourth-order valence-electron chi connectivity index (χ4n) is 7.51. The molecule has 0 fully saturated rings. The first-order valence-corrected chi connectivity index (χ1v) is 19.0. The number of carbonyl (C=O) groups is 1. The van der Waals surface area contributed by atoms with Gasteiger partial charge in [0.25, 0.3) is 0 Å². The smallest absolute Gasteiger partial charge is 0.193 e. The molecule has 1 heteroatoms. The predicted molar refractivity (Wildman–Crippen MR) is 234 cm³/mol. The molecular formula is C55H38O. The normalized spacial score (nSPS) is 10.9. The summed E-state index contributed by atoms with van der Waals surface area (Å²) in [4.78, 5) is 14.8. The van der Waals surface area contributed by atoms with E-state index in [1.165, 1.54) is 0 Å². The van der Waals surface area contributed by atoms with Crippen molar-refractivity contribution in [2.45, 2.75) is 0 Å². The van der Waals surface area contributed by atoms with E-state index in [0.717, 1.165) is 77.9 Å². The highest BCUT2D eigenvalue weighted by Gasteiger charge is 2.17. The SMILES string of the molecule is O=C(c1cccc(-c2ccccc2)c1)c1cc(-c2cc(-c3ccccc3)cc(-c3ccccc3)c2)cc(-c2cc(-c3ccccc3)cc(-c3ccccc3)c2)c1. The Balaban J connectivity index is 1.26. The van der Waals surface area contributed by atoms with E-state index in [0.29, 0.717) is 11.1 Å². The molecule has 56 heavy (non-hydrogen) atoms. The van der Waals surface area contributed by atoms with Gasteiger partial charge < -0.3 is 0 Å².